The van der Waals surface area contributed by atoms with E-state index in [1.54, 1.807) is 0 Å². The minimum Gasteiger partial charge on any atom is -0.464 e. The van der Waals surface area contributed by atoms with E-state index in [2.05, 4.69) is 19.1 Å². The number of hydrogen-bond donors (Lipinski definition) is 0. The van der Waals surface area contributed by atoms with Gasteiger partial charge in [-0.3, -0.25) is 4.79 Å². The topological polar surface area (TPSA) is 29.5 Å². The summed E-state index contributed by atoms with van der Waals surface area (Å²) in [5, 5.41) is 0. The molecule has 0 unspecified atom stereocenters. The number of ether oxygens (including phenoxy) is 1. The Kier molecular flexibility index (Phi) is 13.0. The van der Waals surface area contributed by atoms with Crippen molar-refractivity contribution in [1.29, 1.82) is 0 Å². The molecule has 19 heavy (non-hydrogen) atoms. The molecule has 0 fully saturated rings. The molecule has 0 saturated heterocycles. The maximum absolute atomic E-state index is 11.4. The number of hydrogen-bond acceptors (Lipinski definition) is 3. The molecule has 0 saturated carbocycles. The second-order valence-corrected chi connectivity index (χ2v) is 5.21. The third kappa shape index (κ3) is 15.1. The van der Waals surface area contributed by atoms with E-state index in [-0.39, 0.29) is 5.97 Å². The number of unbranched alkanes of at least 4 members (excludes halogenated alkanes) is 5. The van der Waals surface area contributed by atoms with E-state index in [1.807, 2.05) is 19.0 Å². The van der Waals surface area contributed by atoms with E-state index < -0.39 is 0 Å². The van der Waals surface area contributed by atoms with Gasteiger partial charge in [0.15, 0.2) is 0 Å². The Morgan fingerprint density at radius 3 is 2.42 bits per heavy atom. The predicted molar refractivity (Wildman–Crippen MR) is 81.3 cm³/mol. The van der Waals surface area contributed by atoms with Gasteiger partial charge in [-0.15, -0.1) is 0 Å². The molecule has 0 aliphatic carbocycles. The molecule has 0 aliphatic rings. The molecule has 0 aromatic heterocycles. The van der Waals surface area contributed by atoms with E-state index in [0.29, 0.717) is 13.0 Å². The van der Waals surface area contributed by atoms with Gasteiger partial charge < -0.3 is 9.64 Å². The largest absolute Gasteiger partial charge is 0.464 e. The van der Waals surface area contributed by atoms with E-state index in [0.717, 1.165) is 25.8 Å². The molecule has 0 aromatic rings. The smallest absolute Gasteiger partial charge is 0.305 e. The summed E-state index contributed by atoms with van der Waals surface area (Å²) in [6.07, 6.45) is 13.3. The van der Waals surface area contributed by atoms with Crippen LogP contribution in [0.2, 0.25) is 0 Å². The Morgan fingerprint density at radius 2 is 1.74 bits per heavy atom. The summed E-state index contributed by atoms with van der Waals surface area (Å²) in [5.41, 5.74) is 0. The number of nitrogens with zero attached hydrogens (tertiary/aromatic N) is 1. The van der Waals surface area contributed by atoms with Gasteiger partial charge in [-0.2, -0.15) is 0 Å². The second kappa shape index (κ2) is 13.6. The SMILES string of the molecule is CC/C=C/CCCCCCCC(=O)OCCN(C)C. The van der Waals surface area contributed by atoms with Crippen molar-refractivity contribution in [3.63, 3.8) is 0 Å². The second-order valence-electron chi connectivity index (χ2n) is 5.21. The lowest BCUT2D eigenvalue weighted by Crippen LogP contribution is -2.20. The van der Waals surface area contributed by atoms with Gasteiger partial charge in [-0.1, -0.05) is 38.3 Å². The number of carbonyl (C=O) groups is 1. The first-order chi connectivity index (χ1) is 9.16. The van der Waals surface area contributed by atoms with Crippen molar-refractivity contribution in [1.82, 2.24) is 4.90 Å². The maximum atomic E-state index is 11.4. The molecule has 0 aliphatic heterocycles. The molecule has 0 amide bonds. The van der Waals surface area contributed by atoms with Crippen LogP contribution in [0.25, 0.3) is 0 Å². The maximum Gasteiger partial charge on any atom is 0.305 e. The van der Waals surface area contributed by atoms with Crippen LogP contribution in [-0.2, 0) is 9.53 Å². The first-order valence-electron chi connectivity index (χ1n) is 7.62. The highest BCUT2D eigenvalue weighted by Crippen LogP contribution is 2.08. The fourth-order valence-corrected chi connectivity index (χ4v) is 1.76. The lowest BCUT2D eigenvalue weighted by Gasteiger charge is -2.09. The van der Waals surface area contributed by atoms with Crippen LogP contribution in [0.15, 0.2) is 12.2 Å². The third-order valence-electron chi connectivity index (χ3n) is 2.96. The molecule has 0 N–H and O–H groups in total. The average molecular weight is 269 g/mol. The molecule has 0 radical (unpaired) electrons. The predicted octanol–water partition coefficient (Wildman–Crippen LogP) is 3.79. The van der Waals surface area contributed by atoms with Crippen LogP contribution < -0.4 is 0 Å². The van der Waals surface area contributed by atoms with Crippen molar-refractivity contribution in [2.24, 2.45) is 0 Å². The number of esters is 1. The average Bonchev–Trinajstić information content (AvgIpc) is 2.36. The molecule has 3 heteroatoms. The monoisotopic (exact) mass is 269 g/mol. The zero-order valence-electron chi connectivity index (χ0n) is 13.0. The van der Waals surface area contributed by atoms with E-state index in [1.165, 1.54) is 25.7 Å². The molecule has 0 rings (SSSR count). The summed E-state index contributed by atoms with van der Waals surface area (Å²) in [6.45, 7) is 3.47. The number of likely N-dealkylation sites (N-methyl/N-ethyl adjacent to an activating group) is 1. The number of rotatable bonds is 12. The quantitative estimate of drug-likeness (QED) is 0.307. The van der Waals surface area contributed by atoms with Crippen molar-refractivity contribution in [2.45, 2.75) is 58.3 Å². The fraction of sp³-hybridized carbons (Fsp3) is 0.812. The fourth-order valence-electron chi connectivity index (χ4n) is 1.76. The van der Waals surface area contributed by atoms with E-state index >= 15 is 0 Å². The molecule has 0 atom stereocenters. The molecule has 112 valence electrons. The number of allylic oxidation sites excluding steroid dienone is 2. The summed E-state index contributed by atoms with van der Waals surface area (Å²) >= 11 is 0. The Labute approximate surface area is 119 Å². The van der Waals surface area contributed by atoms with Crippen LogP contribution in [0.3, 0.4) is 0 Å². The van der Waals surface area contributed by atoms with E-state index in [4.69, 9.17) is 4.74 Å². The van der Waals surface area contributed by atoms with E-state index in [9.17, 15) is 4.79 Å². The summed E-state index contributed by atoms with van der Waals surface area (Å²) in [4.78, 5) is 13.4. The molecular formula is C16H31NO2. The van der Waals surface area contributed by atoms with Gasteiger partial charge in [0, 0.05) is 13.0 Å². The van der Waals surface area contributed by atoms with Crippen LogP contribution in [-0.4, -0.2) is 38.1 Å². The van der Waals surface area contributed by atoms with Gasteiger partial charge in [0.2, 0.25) is 0 Å². The Morgan fingerprint density at radius 1 is 1.05 bits per heavy atom. The summed E-state index contributed by atoms with van der Waals surface area (Å²) in [7, 11) is 3.95. The molecule has 0 bridgehead atoms. The van der Waals surface area contributed by atoms with Crippen LogP contribution in [0.1, 0.15) is 58.3 Å². The highest BCUT2D eigenvalue weighted by molar-refractivity contribution is 5.69. The van der Waals surface area contributed by atoms with Crippen LogP contribution >= 0.6 is 0 Å². The van der Waals surface area contributed by atoms with Crippen LogP contribution in [0, 0.1) is 0 Å². The molecule has 3 nitrogen and oxygen atoms in total. The van der Waals surface area contributed by atoms with Crippen molar-refractivity contribution in [3.8, 4) is 0 Å². The van der Waals surface area contributed by atoms with Gasteiger partial charge in [-0.25, -0.2) is 0 Å². The van der Waals surface area contributed by atoms with Gasteiger partial charge in [0.1, 0.15) is 6.61 Å². The standard InChI is InChI=1S/C16H31NO2/c1-4-5-6-7-8-9-10-11-12-13-16(18)19-15-14-17(2)3/h5-6H,4,7-15H2,1-3H3/b6-5+. The summed E-state index contributed by atoms with van der Waals surface area (Å²) < 4.78 is 5.14. The summed E-state index contributed by atoms with van der Waals surface area (Å²) in [5.74, 6) is -0.0484. The van der Waals surface area contributed by atoms with Crippen molar-refractivity contribution < 1.29 is 9.53 Å². The minimum absolute atomic E-state index is 0.0484. The first-order valence-corrected chi connectivity index (χ1v) is 7.62. The summed E-state index contributed by atoms with van der Waals surface area (Å²) in [6, 6.07) is 0. The Balaban J connectivity index is 3.20. The molecule has 0 heterocycles. The third-order valence-corrected chi connectivity index (χ3v) is 2.96. The Bertz CT molecular complexity index is 237. The van der Waals surface area contributed by atoms with Crippen LogP contribution in [0.4, 0.5) is 0 Å². The van der Waals surface area contributed by atoms with Crippen LogP contribution in [0.5, 0.6) is 0 Å². The zero-order chi connectivity index (χ0) is 14.3. The highest BCUT2D eigenvalue weighted by Gasteiger charge is 2.02. The number of carbonyl (C=O) groups excluding carboxylic acids is 1. The van der Waals surface area contributed by atoms with Gasteiger partial charge in [-0.05, 0) is 39.8 Å². The zero-order valence-corrected chi connectivity index (χ0v) is 13.0. The first kappa shape index (κ1) is 18.2. The van der Waals surface area contributed by atoms with Crippen molar-refractivity contribution in [2.75, 3.05) is 27.2 Å². The highest BCUT2D eigenvalue weighted by atomic mass is 16.5. The van der Waals surface area contributed by atoms with Gasteiger partial charge in [0.25, 0.3) is 0 Å². The normalized spacial score (nSPS) is 11.4. The van der Waals surface area contributed by atoms with Gasteiger partial charge >= 0.3 is 5.97 Å². The molecule has 0 spiro atoms. The lowest BCUT2D eigenvalue weighted by atomic mass is 10.1. The lowest BCUT2D eigenvalue weighted by molar-refractivity contribution is -0.144. The molecule has 0 aromatic carbocycles. The van der Waals surface area contributed by atoms with Crippen molar-refractivity contribution >= 4 is 5.97 Å². The molecular weight excluding hydrogens is 238 g/mol. The minimum atomic E-state index is -0.0484. The van der Waals surface area contributed by atoms with Crippen molar-refractivity contribution in [3.05, 3.63) is 12.2 Å². The van der Waals surface area contributed by atoms with Gasteiger partial charge in [0.05, 0.1) is 0 Å². The Hall–Kier alpha value is -0.830.